The molecule has 1 heterocycles. The Hall–Kier alpha value is -2.04. The third kappa shape index (κ3) is 3.21. The summed E-state index contributed by atoms with van der Waals surface area (Å²) in [6.07, 6.45) is 2.25. The Labute approximate surface area is 98.1 Å². The minimum absolute atomic E-state index is 0.0390. The van der Waals surface area contributed by atoms with Gasteiger partial charge in [0.05, 0.1) is 12.1 Å². The van der Waals surface area contributed by atoms with E-state index in [1.54, 1.807) is 30.1 Å². The Morgan fingerprint density at radius 3 is 2.59 bits per heavy atom. The van der Waals surface area contributed by atoms with Crippen LogP contribution in [0, 0.1) is 5.82 Å². The van der Waals surface area contributed by atoms with Crippen LogP contribution in [0.25, 0.3) is 0 Å². The van der Waals surface area contributed by atoms with Crippen LogP contribution in [-0.2, 0) is 24.7 Å². The number of halogens is 1. The Balaban J connectivity index is 1.95. The summed E-state index contributed by atoms with van der Waals surface area (Å²) in [4.78, 5) is 11.7. The second-order valence-corrected chi connectivity index (χ2v) is 3.90. The van der Waals surface area contributed by atoms with Crippen LogP contribution in [0.5, 0.6) is 0 Å². The highest BCUT2D eigenvalue weighted by Gasteiger charge is 2.08. The van der Waals surface area contributed by atoms with Gasteiger partial charge in [-0.25, -0.2) is 4.39 Å². The Morgan fingerprint density at radius 2 is 2.00 bits per heavy atom. The molecule has 1 aromatic heterocycles. The fourth-order valence-corrected chi connectivity index (χ4v) is 1.57. The van der Waals surface area contributed by atoms with Gasteiger partial charge in [-0.1, -0.05) is 17.3 Å². The number of ketones is 1. The summed E-state index contributed by atoms with van der Waals surface area (Å²) >= 11 is 0. The van der Waals surface area contributed by atoms with Crippen molar-refractivity contribution in [1.29, 1.82) is 0 Å². The number of Topliss-reactive ketones (excluding diaryl/α,β-unsaturated/α-hetero) is 1. The second-order valence-electron chi connectivity index (χ2n) is 3.90. The van der Waals surface area contributed by atoms with Crippen molar-refractivity contribution in [3.8, 4) is 0 Å². The van der Waals surface area contributed by atoms with E-state index in [2.05, 4.69) is 10.3 Å². The quantitative estimate of drug-likeness (QED) is 0.800. The molecule has 0 fully saturated rings. The average molecular weight is 233 g/mol. The predicted octanol–water partition coefficient (Wildman–Crippen LogP) is 1.31. The second kappa shape index (κ2) is 4.86. The normalized spacial score (nSPS) is 10.5. The van der Waals surface area contributed by atoms with Crippen LogP contribution in [0.15, 0.2) is 30.5 Å². The Kier molecular flexibility index (Phi) is 3.27. The smallest absolute Gasteiger partial charge is 0.143 e. The molecule has 17 heavy (non-hydrogen) atoms. The number of aromatic nitrogens is 3. The van der Waals surface area contributed by atoms with Crippen LogP contribution in [0.2, 0.25) is 0 Å². The third-order valence-electron chi connectivity index (χ3n) is 2.34. The van der Waals surface area contributed by atoms with E-state index in [0.717, 1.165) is 5.56 Å². The number of carbonyl (C=O) groups is 1. The molecule has 2 rings (SSSR count). The molecule has 0 aliphatic heterocycles. The Bertz CT molecular complexity index is 519. The lowest BCUT2D eigenvalue weighted by atomic mass is 10.1. The van der Waals surface area contributed by atoms with Crippen LogP contribution in [0.3, 0.4) is 0 Å². The molecular weight excluding hydrogens is 221 g/mol. The van der Waals surface area contributed by atoms with Gasteiger partial charge in [0.2, 0.25) is 0 Å². The fourth-order valence-electron chi connectivity index (χ4n) is 1.57. The third-order valence-corrected chi connectivity index (χ3v) is 2.34. The molecular formula is C12H12FN3O. The average Bonchev–Trinajstić information content (AvgIpc) is 2.67. The molecule has 0 spiro atoms. The van der Waals surface area contributed by atoms with Gasteiger partial charge in [-0.2, -0.15) is 0 Å². The number of hydrogen-bond donors (Lipinski definition) is 0. The molecule has 0 aliphatic rings. The van der Waals surface area contributed by atoms with E-state index in [0.29, 0.717) is 5.69 Å². The van der Waals surface area contributed by atoms with Crippen LogP contribution in [0.4, 0.5) is 4.39 Å². The van der Waals surface area contributed by atoms with E-state index < -0.39 is 0 Å². The topological polar surface area (TPSA) is 47.8 Å². The highest BCUT2D eigenvalue weighted by atomic mass is 19.1. The van der Waals surface area contributed by atoms with Crippen LogP contribution < -0.4 is 0 Å². The lowest BCUT2D eigenvalue weighted by Gasteiger charge is -1.99. The summed E-state index contributed by atoms with van der Waals surface area (Å²) in [7, 11) is 1.75. The first-order valence-electron chi connectivity index (χ1n) is 5.25. The molecule has 0 atom stereocenters. The van der Waals surface area contributed by atoms with Crippen molar-refractivity contribution in [2.45, 2.75) is 12.8 Å². The molecule has 0 bridgehead atoms. The van der Waals surface area contributed by atoms with Crippen molar-refractivity contribution >= 4 is 5.78 Å². The predicted molar refractivity (Wildman–Crippen MR) is 59.8 cm³/mol. The SMILES string of the molecule is Cn1cc(CC(=O)Cc2ccc(F)cc2)nn1. The highest BCUT2D eigenvalue weighted by Crippen LogP contribution is 2.05. The van der Waals surface area contributed by atoms with Gasteiger partial charge < -0.3 is 0 Å². The monoisotopic (exact) mass is 233 g/mol. The molecule has 88 valence electrons. The van der Waals surface area contributed by atoms with Gasteiger partial charge in [0.15, 0.2) is 0 Å². The van der Waals surface area contributed by atoms with Gasteiger partial charge in [-0.15, -0.1) is 5.10 Å². The minimum Gasteiger partial charge on any atom is -0.299 e. The van der Waals surface area contributed by atoms with Crippen molar-refractivity contribution in [2.75, 3.05) is 0 Å². The summed E-state index contributed by atoms with van der Waals surface area (Å²) < 4.78 is 14.2. The van der Waals surface area contributed by atoms with Crippen LogP contribution >= 0.6 is 0 Å². The number of nitrogens with zero attached hydrogens (tertiary/aromatic N) is 3. The van der Waals surface area contributed by atoms with Crippen molar-refractivity contribution in [1.82, 2.24) is 15.0 Å². The molecule has 0 aliphatic carbocycles. The first kappa shape index (κ1) is 11.4. The summed E-state index contributed by atoms with van der Waals surface area (Å²) in [6, 6.07) is 5.93. The first-order valence-corrected chi connectivity index (χ1v) is 5.25. The van der Waals surface area contributed by atoms with Gasteiger partial charge in [-0.05, 0) is 17.7 Å². The maximum atomic E-state index is 12.7. The van der Waals surface area contributed by atoms with E-state index in [-0.39, 0.29) is 24.4 Å². The van der Waals surface area contributed by atoms with Gasteiger partial charge in [-0.3, -0.25) is 9.48 Å². The number of aryl methyl sites for hydroxylation is 1. The van der Waals surface area contributed by atoms with E-state index in [1.807, 2.05) is 0 Å². The molecule has 5 heteroatoms. The molecule has 0 saturated heterocycles. The van der Waals surface area contributed by atoms with Crippen molar-refractivity contribution in [2.24, 2.45) is 7.05 Å². The summed E-state index contributed by atoms with van der Waals surface area (Å²) in [6.45, 7) is 0. The van der Waals surface area contributed by atoms with Gasteiger partial charge in [0.1, 0.15) is 11.6 Å². The van der Waals surface area contributed by atoms with Crippen molar-refractivity contribution in [3.05, 3.63) is 47.5 Å². The van der Waals surface area contributed by atoms with E-state index in [1.165, 1.54) is 12.1 Å². The van der Waals surface area contributed by atoms with E-state index >= 15 is 0 Å². The molecule has 0 N–H and O–H groups in total. The molecule has 0 amide bonds. The van der Waals surface area contributed by atoms with Gasteiger partial charge >= 0.3 is 0 Å². The fraction of sp³-hybridized carbons (Fsp3) is 0.250. The van der Waals surface area contributed by atoms with Crippen LogP contribution in [0.1, 0.15) is 11.3 Å². The first-order chi connectivity index (χ1) is 8.13. The summed E-state index contributed by atoms with van der Waals surface area (Å²) in [5.74, 6) is -0.257. The lowest BCUT2D eigenvalue weighted by molar-refractivity contribution is -0.117. The molecule has 0 radical (unpaired) electrons. The Morgan fingerprint density at radius 1 is 1.29 bits per heavy atom. The maximum absolute atomic E-state index is 12.7. The molecule has 0 saturated carbocycles. The number of carbonyl (C=O) groups excluding carboxylic acids is 1. The van der Waals surface area contributed by atoms with E-state index in [4.69, 9.17) is 0 Å². The number of rotatable bonds is 4. The number of hydrogen-bond acceptors (Lipinski definition) is 3. The standard InChI is InChI=1S/C12H12FN3O/c1-16-8-11(14-15-16)7-12(17)6-9-2-4-10(13)5-3-9/h2-5,8H,6-7H2,1H3. The zero-order valence-corrected chi connectivity index (χ0v) is 9.43. The number of benzene rings is 1. The molecule has 1 aromatic carbocycles. The zero-order valence-electron chi connectivity index (χ0n) is 9.43. The largest absolute Gasteiger partial charge is 0.299 e. The maximum Gasteiger partial charge on any atom is 0.143 e. The molecule has 2 aromatic rings. The van der Waals surface area contributed by atoms with Crippen LogP contribution in [-0.4, -0.2) is 20.8 Å². The van der Waals surface area contributed by atoms with Gasteiger partial charge in [0.25, 0.3) is 0 Å². The molecule has 4 nitrogen and oxygen atoms in total. The van der Waals surface area contributed by atoms with Crippen molar-refractivity contribution < 1.29 is 9.18 Å². The lowest BCUT2D eigenvalue weighted by Crippen LogP contribution is -2.06. The van der Waals surface area contributed by atoms with Crippen molar-refractivity contribution in [3.63, 3.8) is 0 Å². The van der Waals surface area contributed by atoms with Gasteiger partial charge in [0, 0.05) is 19.7 Å². The summed E-state index contributed by atoms with van der Waals surface area (Å²) in [5, 5.41) is 7.60. The minimum atomic E-state index is -0.296. The molecule has 0 unspecified atom stereocenters. The van der Waals surface area contributed by atoms with E-state index in [9.17, 15) is 9.18 Å². The zero-order chi connectivity index (χ0) is 12.3. The highest BCUT2D eigenvalue weighted by molar-refractivity contribution is 5.82. The summed E-state index contributed by atoms with van der Waals surface area (Å²) in [5.41, 5.74) is 1.46.